The quantitative estimate of drug-likeness (QED) is 0.529. The summed E-state index contributed by atoms with van der Waals surface area (Å²) in [6.07, 6.45) is 6.66. The summed E-state index contributed by atoms with van der Waals surface area (Å²) in [7, 11) is -0.672. The molecule has 1 aliphatic heterocycles. The van der Waals surface area contributed by atoms with Crippen LogP contribution in [-0.2, 0) is 4.74 Å². The second-order valence-electron chi connectivity index (χ2n) is 8.23. The van der Waals surface area contributed by atoms with Crippen LogP contribution in [0.5, 0.6) is 0 Å². The monoisotopic (exact) mass is 413 g/mol. The van der Waals surface area contributed by atoms with E-state index in [9.17, 15) is 0 Å². The van der Waals surface area contributed by atoms with Crippen molar-refractivity contribution in [3.05, 3.63) is 90.5 Å². The largest absolute Gasteiger partial charge is 0.475 e. The average molecular weight is 414 g/mol. The molecule has 0 unspecified atom stereocenters. The minimum absolute atomic E-state index is 0.327. The fourth-order valence-corrected chi connectivity index (χ4v) is 7.17. The molecule has 1 atom stereocenters. The Morgan fingerprint density at radius 2 is 1.30 bits per heavy atom. The van der Waals surface area contributed by atoms with Gasteiger partial charge in [0.1, 0.15) is 6.61 Å². The molecular formula is C27H28NOP. The standard InChI is InChI=1S/C27H28NOP/c1-4-12-21(13-5-1)25-20-29-27(28-25)24-18-10-11-19-26(24)30(22-14-6-2-7-15-22)23-16-8-3-9-17-23/h2-3,6-11,14-19,21,25H,1,4-5,12-13,20H2/t25-/m1/s1. The van der Waals surface area contributed by atoms with E-state index in [0.717, 1.165) is 18.1 Å². The van der Waals surface area contributed by atoms with Crippen LogP contribution in [-0.4, -0.2) is 18.5 Å². The Kier molecular flexibility index (Phi) is 5.95. The van der Waals surface area contributed by atoms with Crippen molar-refractivity contribution in [3.63, 3.8) is 0 Å². The van der Waals surface area contributed by atoms with E-state index in [1.807, 2.05) is 0 Å². The fourth-order valence-electron chi connectivity index (χ4n) is 4.73. The third-order valence-electron chi connectivity index (χ3n) is 6.27. The van der Waals surface area contributed by atoms with Gasteiger partial charge in [-0.3, -0.25) is 0 Å². The first-order valence-electron chi connectivity index (χ1n) is 11.1. The maximum Gasteiger partial charge on any atom is 0.217 e. The molecule has 3 heteroatoms. The van der Waals surface area contributed by atoms with Crippen LogP contribution in [0.2, 0.25) is 0 Å². The van der Waals surface area contributed by atoms with Gasteiger partial charge in [0.25, 0.3) is 0 Å². The van der Waals surface area contributed by atoms with Crippen molar-refractivity contribution in [2.75, 3.05) is 6.61 Å². The molecule has 3 aromatic rings. The van der Waals surface area contributed by atoms with Gasteiger partial charge >= 0.3 is 0 Å². The first kappa shape index (κ1) is 19.5. The highest BCUT2D eigenvalue weighted by Crippen LogP contribution is 2.36. The lowest BCUT2D eigenvalue weighted by molar-refractivity contribution is 0.241. The molecule has 2 aliphatic rings. The van der Waals surface area contributed by atoms with Crippen molar-refractivity contribution in [1.29, 1.82) is 0 Å². The predicted octanol–water partition coefficient (Wildman–Crippen LogP) is 5.17. The Labute approximate surface area is 180 Å². The molecule has 152 valence electrons. The van der Waals surface area contributed by atoms with Gasteiger partial charge in [-0.05, 0) is 48.7 Å². The van der Waals surface area contributed by atoms with Gasteiger partial charge in [0.05, 0.1) is 6.04 Å². The first-order valence-corrected chi connectivity index (χ1v) is 12.4. The van der Waals surface area contributed by atoms with E-state index in [4.69, 9.17) is 9.73 Å². The second-order valence-corrected chi connectivity index (χ2v) is 10.4. The van der Waals surface area contributed by atoms with Gasteiger partial charge in [-0.15, -0.1) is 0 Å². The molecule has 30 heavy (non-hydrogen) atoms. The number of hydrogen-bond donors (Lipinski definition) is 0. The Hall–Kier alpha value is -2.44. The van der Waals surface area contributed by atoms with Gasteiger partial charge in [-0.2, -0.15) is 0 Å². The molecule has 1 aliphatic carbocycles. The van der Waals surface area contributed by atoms with Crippen LogP contribution < -0.4 is 15.9 Å². The highest BCUT2D eigenvalue weighted by atomic mass is 31.1. The van der Waals surface area contributed by atoms with Gasteiger partial charge in [0.15, 0.2) is 0 Å². The summed E-state index contributed by atoms with van der Waals surface area (Å²) in [5.41, 5.74) is 1.16. The number of benzene rings is 3. The van der Waals surface area contributed by atoms with Crippen LogP contribution >= 0.6 is 7.92 Å². The topological polar surface area (TPSA) is 21.6 Å². The SMILES string of the molecule is c1ccc(P(c2ccccc2)c2ccccc2C2=N[C@@H](C3CCCCC3)CO2)cc1. The van der Waals surface area contributed by atoms with Crippen molar-refractivity contribution >= 4 is 29.7 Å². The first-order chi connectivity index (χ1) is 14.9. The third kappa shape index (κ3) is 4.07. The maximum absolute atomic E-state index is 6.23. The Morgan fingerprint density at radius 3 is 1.97 bits per heavy atom. The van der Waals surface area contributed by atoms with Gasteiger partial charge in [0.2, 0.25) is 5.90 Å². The van der Waals surface area contributed by atoms with Crippen LogP contribution in [0.1, 0.15) is 37.7 Å². The molecule has 3 aromatic carbocycles. The lowest BCUT2D eigenvalue weighted by atomic mass is 9.84. The van der Waals surface area contributed by atoms with E-state index in [-0.39, 0.29) is 0 Å². The number of aliphatic imine (C=N–C) groups is 1. The van der Waals surface area contributed by atoms with Crippen molar-refractivity contribution in [2.24, 2.45) is 10.9 Å². The smallest absolute Gasteiger partial charge is 0.217 e. The molecule has 0 radical (unpaired) electrons. The summed E-state index contributed by atoms with van der Waals surface area (Å²) in [4.78, 5) is 5.12. The zero-order valence-corrected chi connectivity index (χ0v) is 18.2. The Bertz CT molecular complexity index is 956. The van der Waals surface area contributed by atoms with Crippen molar-refractivity contribution in [2.45, 2.75) is 38.1 Å². The van der Waals surface area contributed by atoms with Crippen LogP contribution in [0.4, 0.5) is 0 Å². The number of rotatable bonds is 5. The molecule has 0 amide bonds. The Morgan fingerprint density at radius 1 is 0.700 bits per heavy atom. The second kappa shape index (κ2) is 9.14. The van der Waals surface area contributed by atoms with E-state index in [0.29, 0.717) is 12.0 Å². The fraction of sp³-hybridized carbons (Fsp3) is 0.296. The van der Waals surface area contributed by atoms with Gasteiger partial charge in [0, 0.05) is 5.56 Å². The molecule has 1 saturated carbocycles. The lowest BCUT2D eigenvalue weighted by Crippen LogP contribution is -2.25. The molecule has 5 rings (SSSR count). The highest BCUT2D eigenvalue weighted by Gasteiger charge is 2.31. The number of nitrogens with zero attached hydrogens (tertiary/aromatic N) is 1. The van der Waals surface area contributed by atoms with Crippen molar-refractivity contribution in [3.8, 4) is 0 Å². The summed E-state index contributed by atoms with van der Waals surface area (Å²) >= 11 is 0. The molecule has 0 N–H and O–H groups in total. The minimum Gasteiger partial charge on any atom is -0.475 e. The summed E-state index contributed by atoms with van der Waals surface area (Å²) in [6, 6.07) is 30.8. The van der Waals surface area contributed by atoms with Crippen LogP contribution in [0, 0.1) is 5.92 Å². The zero-order valence-electron chi connectivity index (χ0n) is 17.3. The average Bonchev–Trinajstić information content (AvgIpc) is 3.32. The van der Waals surface area contributed by atoms with Crippen LogP contribution in [0.3, 0.4) is 0 Å². The van der Waals surface area contributed by atoms with E-state index < -0.39 is 7.92 Å². The van der Waals surface area contributed by atoms with Crippen molar-refractivity contribution < 1.29 is 4.74 Å². The number of ether oxygens (including phenoxy) is 1. The van der Waals surface area contributed by atoms with Crippen molar-refractivity contribution in [1.82, 2.24) is 0 Å². The lowest BCUT2D eigenvalue weighted by Gasteiger charge is -2.24. The molecule has 0 aromatic heterocycles. The van der Waals surface area contributed by atoms with Gasteiger partial charge in [-0.1, -0.05) is 98.1 Å². The molecule has 2 nitrogen and oxygen atoms in total. The van der Waals surface area contributed by atoms with E-state index in [2.05, 4.69) is 84.9 Å². The third-order valence-corrected chi connectivity index (χ3v) is 8.77. The van der Waals surface area contributed by atoms with E-state index in [1.165, 1.54) is 48.0 Å². The minimum atomic E-state index is -0.672. The van der Waals surface area contributed by atoms with Crippen LogP contribution in [0.15, 0.2) is 89.9 Å². The molecule has 0 saturated heterocycles. The zero-order chi connectivity index (χ0) is 20.2. The van der Waals surface area contributed by atoms with Crippen LogP contribution in [0.25, 0.3) is 0 Å². The van der Waals surface area contributed by atoms with E-state index in [1.54, 1.807) is 0 Å². The molecule has 0 spiro atoms. The highest BCUT2D eigenvalue weighted by molar-refractivity contribution is 7.80. The van der Waals surface area contributed by atoms with Gasteiger partial charge in [-0.25, -0.2) is 4.99 Å². The predicted molar refractivity (Wildman–Crippen MR) is 128 cm³/mol. The summed E-state index contributed by atoms with van der Waals surface area (Å²) in [5, 5.41) is 4.04. The number of hydrogen-bond acceptors (Lipinski definition) is 2. The summed E-state index contributed by atoms with van der Waals surface area (Å²) in [6.45, 7) is 0.739. The summed E-state index contributed by atoms with van der Waals surface area (Å²) in [5.74, 6) is 1.54. The molecule has 0 bridgehead atoms. The maximum atomic E-state index is 6.23. The van der Waals surface area contributed by atoms with Gasteiger partial charge < -0.3 is 4.74 Å². The summed E-state index contributed by atoms with van der Waals surface area (Å²) < 4.78 is 6.23. The van der Waals surface area contributed by atoms with E-state index >= 15 is 0 Å². The molecule has 1 fully saturated rings. The normalized spacial score (nSPS) is 19.5. The Balaban J connectivity index is 1.55. The molecule has 1 heterocycles. The molecular weight excluding hydrogens is 385 g/mol.